The Hall–Kier alpha value is -0.810. The molecule has 0 aromatic rings. The minimum absolute atomic E-state index is 0. The van der Waals surface area contributed by atoms with E-state index in [1.807, 2.05) is 0 Å². The van der Waals surface area contributed by atoms with Gasteiger partial charge in [-0.05, 0) is 19.9 Å². The Morgan fingerprint density at radius 1 is 1.38 bits per heavy atom. The molecule has 0 radical (unpaired) electrons. The highest BCUT2D eigenvalue weighted by Crippen LogP contribution is 2.18. The normalized spacial score (nSPS) is 13.9. The van der Waals surface area contributed by atoms with Crippen LogP contribution in [-0.2, 0) is 9.59 Å². The van der Waals surface area contributed by atoms with Crippen molar-refractivity contribution in [2.75, 3.05) is 27.2 Å². The molecule has 0 saturated heterocycles. The SMILES string of the molecule is CNCCC(=O)N(C)CC(=O)NC1CC1.Cl. The number of nitrogens with zero attached hydrogens (tertiary/aromatic N) is 1. The first-order valence-corrected chi connectivity index (χ1v) is 5.31. The van der Waals surface area contributed by atoms with Crippen molar-refractivity contribution in [3.8, 4) is 0 Å². The molecule has 6 heteroatoms. The summed E-state index contributed by atoms with van der Waals surface area (Å²) in [6.45, 7) is 0.812. The maximum atomic E-state index is 11.4. The van der Waals surface area contributed by atoms with Crippen molar-refractivity contribution < 1.29 is 9.59 Å². The van der Waals surface area contributed by atoms with E-state index in [1.165, 1.54) is 4.90 Å². The average Bonchev–Trinajstić information content (AvgIpc) is 2.97. The molecule has 1 aliphatic rings. The molecule has 1 saturated carbocycles. The molecule has 2 amide bonds. The van der Waals surface area contributed by atoms with Crippen LogP contribution in [0.15, 0.2) is 0 Å². The molecule has 0 aromatic carbocycles. The zero-order chi connectivity index (χ0) is 11.3. The van der Waals surface area contributed by atoms with Gasteiger partial charge in [-0.25, -0.2) is 0 Å². The van der Waals surface area contributed by atoms with Gasteiger partial charge in [-0.2, -0.15) is 0 Å². The Kier molecular flexibility index (Phi) is 7.08. The predicted octanol–water partition coefficient (Wildman–Crippen LogP) is -0.245. The third-order valence-corrected chi connectivity index (χ3v) is 2.34. The number of rotatable bonds is 6. The highest BCUT2D eigenvalue weighted by atomic mass is 35.5. The van der Waals surface area contributed by atoms with E-state index in [1.54, 1.807) is 14.1 Å². The molecule has 0 aromatic heterocycles. The molecular weight excluding hydrogens is 230 g/mol. The summed E-state index contributed by atoms with van der Waals surface area (Å²) >= 11 is 0. The van der Waals surface area contributed by atoms with Gasteiger partial charge in [0, 0.05) is 26.1 Å². The summed E-state index contributed by atoms with van der Waals surface area (Å²) in [5.41, 5.74) is 0. The van der Waals surface area contributed by atoms with E-state index >= 15 is 0 Å². The number of likely N-dealkylation sites (N-methyl/N-ethyl adjacent to an activating group) is 1. The highest BCUT2D eigenvalue weighted by Gasteiger charge is 2.24. The summed E-state index contributed by atoms with van der Waals surface area (Å²) in [5.74, 6) is -0.0619. The molecule has 0 bridgehead atoms. The number of amides is 2. The largest absolute Gasteiger partial charge is 0.352 e. The van der Waals surface area contributed by atoms with Crippen LogP contribution in [0.3, 0.4) is 0 Å². The van der Waals surface area contributed by atoms with Crippen LogP contribution in [-0.4, -0.2) is 49.9 Å². The monoisotopic (exact) mass is 249 g/mol. The molecule has 0 unspecified atom stereocenters. The summed E-state index contributed by atoms with van der Waals surface area (Å²) in [5, 5.41) is 5.75. The second-order valence-electron chi connectivity index (χ2n) is 3.95. The van der Waals surface area contributed by atoms with Gasteiger partial charge in [-0.15, -0.1) is 12.4 Å². The van der Waals surface area contributed by atoms with Crippen LogP contribution in [0.25, 0.3) is 0 Å². The third-order valence-electron chi connectivity index (χ3n) is 2.34. The van der Waals surface area contributed by atoms with E-state index in [0.29, 0.717) is 19.0 Å². The number of hydrogen-bond acceptors (Lipinski definition) is 3. The van der Waals surface area contributed by atoms with Gasteiger partial charge in [-0.3, -0.25) is 9.59 Å². The Balaban J connectivity index is 0.00000225. The zero-order valence-corrected chi connectivity index (χ0v) is 10.6. The molecule has 2 N–H and O–H groups in total. The van der Waals surface area contributed by atoms with Crippen LogP contribution in [0.2, 0.25) is 0 Å². The quantitative estimate of drug-likeness (QED) is 0.683. The molecule has 1 aliphatic carbocycles. The number of carbonyl (C=O) groups excluding carboxylic acids is 2. The van der Waals surface area contributed by atoms with E-state index in [2.05, 4.69) is 10.6 Å². The molecule has 94 valence electrons. The van der Waals surface area contributed by atoms with Gasteiger partial charge < -0.3 is 15.5 Å². The van der Waals surface area contributed by atoms with Crippen molar-refractivity contribution in [1.29, 1.82) is 0 Å². The lowest BCUT2D eigenvalue weighted by molar-refractivity contribution is -0.134. The maximum absolute atomic E-state index is 11.4. The summed E-state index contributed by atoms with van der Waals surface area (Å²) in [6, 6.07) is 0.360. The molecule has 1 fully saturated rings. The van der Waals surface area contributed by atoms with Crippen LogP contribution in [0.4, 0.5) is 0 Å². The minimum Gasteiger partial charge on any atom is -0.352 e. The molecule has 0 heterocycles. The van der Waals surface area contributed by atoms with Crippen molar-refractivity contribution in [3.05, 3.63) is 0 Å². The van der Waals surface area contributed by atoms with Crippen LogP contribution in [0, 0.1) is 0 Å². The predicted molar refractivity (Wildman–Crippen MR) is 64.6 cm³/mol. The summed E-state index contributed by atoms with van der Waals surface area (Å²) < 4.78 is 0. The van der Waals surface area contributed by atoms with E-state index in [4.69, 9.17) is 0 Å². The standard InChI is InChI=1S/C10H19N3O2.ClH/c1-11-6-5-10(15)13(2)7-9(14)12-8-3-4-8;/h8,11H,3-7H2,1-2H3,(H,12,14);1H. The van der Waals surface area contributed by atoms with Crippen molar-refractivity contribution in [3.63, 3.8) is 0 Å². The van der Waals surface area contributed by atoms with E-state index in [9.17, 15) is 9.59 Å². The van der Waals surface area contributed by atoms with Crippen LogP contribution in [0.5, 0.6) is 0 Å². The van der Waals surface area contributed by atoms with Gasteiger partial charge in [-0.1, -0.05) is 0 Å². The van der Waals surface area contributed by atoms with Gasteiger partial charge in [0.25, 0.3) is 0 Å². The summed E-state index contributed by atoms with van der Waals surface area (Å²) in [6.07, 6.45) is 2.58. The fourth-order valence-corrected chi connectivity index (χ4v) is 1.23. The lowest BCUT2D eigenvalue weighted by Gasteiger charge is -2.16. The topological polar surface area (TPSA) is 61.4 Å². The molecule has 0 atom stereocenters. The molecule has 0 spiro atoms. The van der Waals surface area contributed by atoms with Crippen molar-refractivity contribution in [2.45, 2.75) is 25.3 Å². The third kappa shape index (κ3) is 5.92. The maximum Gasteiger partial charge on any atom is 0.239 e. The van der Waals surface area contributed by atoms with E-state index in [0.717, 1.165) is 12.8 Å². The molecule has 5 nitrogen and oxygen atoms in total. The van der Waals surface area contributed by atoms with Gasteiger partial charge in [0.05, 0.1) is 6.54 Å². The van der Waals surface area contributed by atoms with Gasteiger partial charge in [0.15, 0.2) is 0 Å². The Bertz CT molecular complexity index is 244. The Morgan fingerprint density at radius 3 is 2.50 bits per heavy atom. The van der Waals surface area contributed by atoms with E-state index in [-0.39, 0.29) is 30.8 Å². The first kappa shape index (κ1) is 15.2. The van der Waals surface area contributed by atoms with Crippen LogP contribution < -0.4 is 10.6 Å². The van der Waals surface area contributed by atoms with Crippen LogP contribution in [0.1, 0.15) is 19.3 Å². The minimum atomic E-state index is -0.0576. The number of carbonyl (C=O) groups is 2. The molecule has 0 aliphatic heterocycles. The lowest BCUT2D eigenvalue weighted by atomic mass is 10.3. The molecule has 1 rings (SSSR count). The highest BCUT2D eigenvalue weighted by molar-refractivity contribution is 5.85. The number of hydrogen-bond donors (Lipinski definition) is 2. The second-order valence-corrected chi connectivity index (χ2v) is 3.95. The fourth-order valence-electron chi connectivity index (χ4n) is 1.23. The van der Waals surface area contributed by atoms with Gasteiger partial charge in [0.1, 0.15) is 0 Å². The van der Waals surface area contributed by atoms with Crippen molar-refractivity contribution >= 4 is 24.2 Å². The number of halogens is 1. The second kappa shape index (κ2) is 7.46. The Labute approximate surface area is 102 Å². The first-order chi connectivity index (χ1) is 7.13. The first-order valence-electron chi connectivity index (χ1n) is 5.31. The summed E-state index contributed by atoms with van der Waals surface area (Å²) in [7, 11) is 3.46. The average molecular weight is 250 g/mol. The number of nitrogens with one attached hydrogen (secondary N) is 2. The van der Waals surface area contributed by atoms with Crippen molar-refractivity contribution in [2.24, 2.45) is 0 Å². The van der Waals surface area contributed by atoms with Crippen LogP contribution >= 0.6 is 12.4 Å². The van der Waals surface area contributed by atoms with Gasteiger partial charge in [0.2, 0.25) is 11.8 Å². The van der Waals surface area contributed by atoms with Gasteiger partial charge >= 0.3 is 0 Å². The van der Waals surface area contributed by atoms with Crippen molar-refractivity contribution in [1.82, 2.24) is 15.5 Å². The molecular formula is C10H20ClN3O2. The summed E-state index contributed by atoms with van der Waals surface area (Å²) in [4.78, 5) is 24.3. The molecule has 16 heavy (non-hydrogen) atoms. The Morgan fingerprint density at radius 2 is 2.00 bits per heavy atom. The fraction of sp³-hybridized carbons (Fsp3) is 0.800. The van der Waals surface area contributed by atoms with E-state index < -0.39 is 0 Å². The zero-order valence-electron chi connectivity index (χ0n) is 9.78. The smallest absolute Gasteiger partial charge is 0.239 e. The lowest BCUT2D eigenvalue weighted by Crippen LogP contribution is -2.39.